The van der Waals surface area contributed by atoms with Crippen LogP contribution in [0.2, 0.25) is 0 Å². The highest BCUT2D eigenvalue weighted by Crippen LogP contribution is 2.28. The minimum atomic E-state index is -4.39. The van der Waals surface area contributed by atoms with Crippen LogP contribution in [0.1, 0.15) is 32.6 Å². The molecule has 0 radical (unpaired) electrons. The zero-order valence-electron chi connectivity index (χ0n) is 10.1. The molecule has 1 unspecified atom stereocenters. The molecule has 0 aromatic carbocycles. The molecule has 0 bridgehead atoms. The quantitative estimate of drug-likeness (QED) is 0.764. The summed E-state index contributed by atoms with van der Waals surface area (Å²) in [7, 11) is 0. The van der Waals surface area contributed by atoms with E-state index in [1.807, 2.05) is 0 Å². The Morgan fingerprint density at radius 1 is 1.35 bits per heavy atom. The minimum Gasteiger partial charge on any atom is -0.302 e. The van der Waals surface area contributed by atoms with Crippen LogP contribution in [0.25, 0.3) is 0 Å². The molecule has 1 atom stereocenters. The van der Waals surface area contributed by atoms with Crippen LogP contribution in [0.4, 0.5) is 13.2 Å². The fourth-order valence-electron chi connectivity index (χ4n) is 2.34. The summed E-state index contributed by atoms with van der Waals surface area (Å²) in [4.78, 5) is 1.77. The Balaban J connectivity index is 2.37. The standard InChI is InChI=1S/C12H19F3N2/c1-2-3-10-4-6-17(7-5-10)9-11(8-16)12(13,14)15/h10-11H,2-7,9H2,1H3. The number of likely N-dealkylation sites (tertiary alicyclic amines) is 1. The van der Waals surface area contributed by atoms with E-state index in [1.54, 1.807) is 4.90 Å². The van der Waals surface area contributed by atoms with Gasteiger partial charge in [-0.15, -0.1) is 0 Å². The highest BCUT2D eigenvalue weighted by atomic mass is 19.4. The van der Waals surface area contributed by atoms with Crippen molar-refractivity contribution in [3.8, 4) is 6.07 Å². The van der Waals surface area contributed by atoms with Gasteiger partial charge in [0.1, 0.15) is 0 Å². The maximum atomic E-state index is 12.4. The maximum absolute atomic E-state index is 12.4. The number of nitriles is 1. The van der Waals surface area contributed by atoms with Gasteiger partial charge in [0.15, 0.2) is 5.92 Å². The number of nitrogens with zero attached hydrogens (tertiary/aromatic N) is 2. The lowest BCUT2D eigenvalue weighted by atomic mass is 9.92. The van der Waals surface area contributed by atoms with Gasteiger partial charge in [-0.2, -0.15) is 18.4 Å². The van der Waals surface area contributed by atoms with E-state index in [9.17, 15) is 13.2 Å². The van der Waals surface area contributed by atoms with Gasteiger partial charge in [-0.1, -0.05) is 19.8 Å². The fraction of sp³-hybridized carbons (Fsp3) is 0.917. The van der Waals surface area contributed by atoms with Crippen molar-refractivity contribution in [3.05, 3.63) is 0 Å². The lowest BCUT2D eigenvalue weighted by molar-refractivity contribution is -0.163. The second-order valence-corrected chi connectivity index (χ2v) is 4.76. The first-order chi connectivity index (χ1) is 7.97. The summed E-state index contributed by atoms with van der Waals surface area (Å²) in [5.74, 6) is -1.19. The van der Waals surface area contributed by atoms with E-state index in [0.29, 0.717) is 19.0 Å². The largest absolute Gasteiger partial charge is 0.405 e. The van der Waals surface area contributed by atoms with Crippen molar-refractivity contribution < 1.29 is 13.2 Å². The van der Waals surface area contributed by atoms with Crippen LogP contribution in [-0.2, 0) is 0 Å². The molecule has 0 saturated carbocycles. The van der Waals surface area contributed by atoms with Crippen LogP contribution in [0.3, 0.4) is 0 Å². The van der Waals surface area contributed by atoms with Crippen LogP contribution in [0, 0.1) is 23.2 Å². The monoisotopic (exact) mass is 248 g/mol. The topological polar surface area (TPSA) is 27.0 Å². The third-order valence-electron chi connectivity index (χ3n) is 3.40. The van der Waals surface area contributed by atoms with Crippen LogP contribution >= 0.6 is 0 Å². The lowest BCUT2D eigenvalue weighted by Crippen LogP contribution is -2.40. The molecule has 5 heteroatoms. The Bertz CT molecular complexity index is 262. The number of alkyl halides is 3. The van der Waals surface area contributed by atoms with Crippen molar-refractivity contribution in [3.63, 3.8) is 0 Å². The highest BCUT2D eigenvalue weighted by molar-refractivity contribution is 4.91. The molecule has 1 rings (SSSR count). The van der Waals surface area contributed by atoms with Gasteiger partial charge < -0.3 is 4.90 Å². The van der Waals surface area contributed by atoms with E-state index in [1.165, 1.54) is 6.07 Å². The molecule has 0 aromatic heterocycles. The van der Waals surface area contributed by atoms with Crippen molar-refractivity contribution in [2.75, 3.05) is 19.6 Å². The third kappa shape index (κ3) is 4.55. The Kier molecular flexibility index (Phi) is 5.26. The molecule has 1 aliphatic heterocycles. The first kappa shape index (κ1) is 14.3. The summed E-state index contributed by atoms with van der Waals surface area (Å²) in [6.07, 6.45) is -0.175. The van der Waals surface area contributed by atoms with Gasteiger partial charge in [-0.05, 0) is 31.8 Å². The number of hydrogen-bond donors (Lipinski definition) is 0. The first-order valence-corrected chi connectivity index (χ1v) is 6.16. The van der Waals surface area contributed by atoms with E-state index in [4.69, 9.17) is 5.26 Å². The summed E-state index contributed by atoms with van der Waals surface area (Å²) in [6, 6.07) is 1.36. The van der Waals surface area contributed by atoms with Gasteiger partial charge in [0.05, 0.1) is 6.07 Å². The number of halogens is 3. The van der Waals surface area contributed by atoms with E-state index in [0.717, 1.165) is 25.7 Å². The molecule has 98 valence electrons. The van der Waals surface area contributed by atoms with Gasteiger partial charge >= 0.3 is 6.18 Å². The van der Waals surface area contributed by atoms with Gasteiger partial charge in [-0.25, -0.2) is 0 Å². The number of hydrogen-bond acceptors (Lipinski definition) is 2. The Morgan fingerprint density at radius 3 is 2.35 bits per heavy atom. The maximum Gasteiger partial charge on any atom is 0.405 e. The van der Waals surface area contributed by atoms with Crippen LogP contribution in [-0.4, -0.2) is 30.7 Å². The molecular weight excluding hydrogens is 229 g/mol. The number of piperidine rings is 1. The van der Waals surface area contributed by atoms with Crippen molar-refractivity contribution in [2.45, 2.75) is 38.8 Å². The van der Waals surface area contributed by atoms with E-state index in [-0.39, 0.29) is 6.54 Å². The molecule has 0 N–H and O–H groups in total. The predicted molar refractivity (Wildman–Crippen MR) is 59.2 cm³/mol. The third-order valence-corrected chi connectivity index (χ3v) is 3.40. The van der Waals surface area contributed by atoms with Crippen LogP contribution < -0.4 is 0 Å². The van der Waals surface area contributed by atoms with Gasteiger partial charge in [0.25, 0.3) is 0 Å². The van der Waals surface area contributed by atoms with Gasteiger partial charge in [0.2, 0.25) is 0 Å². The summed E-state index contributed by atoms with van der Waals surface area (Å²) >= 11 is 0. The van der Waals surface area contributed by atoms with Crippen LogP contribution in [0.15, 0.2) is 0 Å². The van der Waals surface area contributed by atoms with E-state index >= 15 is 0 Å². The summed E-state index contributed by atoms with van der Waals surface area (Å²) in [5.41, 5.74) is 0. The van der Waals surface area contributed by atoms with Gasteiger partial charge in [0, 0.05) is 6.54 Å². The molecular formula is C12H19F3N2. The smallest absolute Gasteiger partial charge is 0.302 e. The molecule has 2 nitrogen and oxygen atoms in total. The fourth-order valence-corrected chi connectivity index (χ4v) is 2.34. The predicted octanol–water partition coefficient (Wildman–Crippen LogP) is 3.20. The van der Waals surface area contributed by atoms with E-state index in [2.05, 4.69) is 6.92 Å². The average Bonchev–Trinajstić information content (AvgIpc) is 2.27. The number of rotatable bonds is 4. The van der Waals surface area contributed by atoms with Crippen molar-refractivity contribution >= 4 is 0 Å². The SMILES string of the molecule is CCCC1CCN(CC(C#N)C(F)(F)F)CC1. The normalized spacial score (nSPS) is 21.1. The zero-order chi connectivity index (χ0) is 12.9. The second kappa shape index (κ2) is 6.25. The van der Waals surface area contributed by atoms with Gasteiger partial charge in [-0.3, -0.25) is 0 Å². The summed E-state index contributed by atoms with van der Waals surface area (Å²) < 4.78 is 37.3. The average molecular weight is 248 g/mol. The lowest BCUT2D eigenvalue weighted by Gasteiger charge is -2.33. The van der Waals surface area contributed by atoms with Crippen molar-refractivity contribution in [1.29, 1.82) is 5.26 Å². The Hall–Kier alpha value is -0.760. The molecule has 0 aliphatic carbocycles. The van der Waals surface area contributed by atoms with Crippen LogP contribution in [0.5, 0.6) is 0 Å². The molecule has 1 fully saturated rings. The van der Waals surface area contributed by atoms with E-state index < -0.39 is 12.1 Å². The molecule has 1 saturated heterocycles. The highest BCUT2D eigenvalue weighted by Gasteiger charge is 2.41. The molecule has 1 heterocycles. The van der Waals surface area contributed by atoms with Crippen molar-refractivity contribution in [1.82, 2.24) is 4.90 Å². The van der Waals surface area contributed by atoms with Crippen molar-refractivity contribution in [2.24, 2.45) is 11.8 Å². The molecule has 0 spiro atoms. The second-order valence-electron chi connectivity index (χ2n) is 4.76. The zero-order valence-corrected chi connectivity index (χ0v) is 10.1. The molecule has 0 amide bonds. The Morgan fingerprint density at radius 2 is 1.94 bits per heavy atom. The Labute approximate surface area is 100 Å². The molecule has 1 aliphatic rings. The minimum absolute atomic E-state index is 0.168. The molecule has 0 aromatic rings. The summed E-state index contributed by atoms with van der Waals surface area (Å²) in [6.45, 7) is 3.35. The molecule has 17 heavy (non-hydrogen) atoms. The summed E-state index contributed by atoms with van der Waals surface area (Å²) in [5, 5.41) is 8.53. The first-order valence-electron chi connectivity index (χ1n) is 6.16.